The fraction of sp³-hybridized carbons (Fsp3) is 0.409. The molecule has 31 heavy (non-hydrogen) atoms. The Morgan fingerprint density at radius 1 is 1.23 bits per heavy atom. The molecule has 0 saturated carbocycles. The van der Waals surface area contributed by atoms with Gasteiger partial charge in [-0.25, -0.2) is 4.79 Å². The van der Waals surface area contributed by atoms with E-state index in [9.17, 15) is 20.1 Å². The number of aromatic hydroxyl groups is 1. The zero-order valence-electron chi connectivity index (χ0n) is 17.4. The van der Waals surface area contributed by atoms with Crippen LogP contribution in [0.5, 0.6) is 28.7 Å². The maximum Gasteiger partial charge on any atom is 0.351 e. The normalized spacial score (nSPS) is 19.3. The molecular weight excluding hydrogens is 406 g/mol. The van der Waals surface area contributed by atoms with Crippen LogP contribution in [0.2, 0.25) is 0 Å². The number of hydrogen-bond donors (Lipinski definition) is 4. The topological polar surface area (TPSA) is 127 Å². The molecule has 0 saturated heterocycles. The zero-order chi connectivity index (χ0) is 22.4. The Hall–Kier alpha value is -3.17. The number of aliphatic hydroxyl groups excluding tert-OH is 1. The number of carboxylic acid groups (broad SMARTS) is 1. The number of phenols is 1. The molecule has 0 aromatic heterocycles. The van der Waals surface area contributed by atoms with E-state index >= 15 is 0 Å². The Labute approximate surface area is 180 Å². The first-order chi connectivity index (χ1) is 14.8. The van der Waals surface area contributed by atoms with Crippen LogP contribution in [-0.2, 0) is 4.79 Å². The first-order valence-electron chi connectivity index (χ1n) is 9.88. The number of benzene rings is 2. The second-order valence-electron chi connectivity index (χ2n) is 7.45. The fourth-order valence-corrected chi connectivity index (χ4v) is 3.31. The van der Waals surface area contributed by atoms with E-state index in [1.54, 1.807) is 30.3 Å². The molecule has 4 N–H and O–H groups in total. The largest absolute Gasteiger partial charge is 0.508 e. The zero-order valence-corrected chi connectivity index (χ0v) is 17.4. The average Bonchev–Trinajstić information content (AvgIpc) is 2.76. The van der Waals surface area contributed by atoms with Crippen LogP contribution in [0.4, 0.5) is 0 Å². The standard InChI is InChI=1S/C22H27NO8/c1-14(10-22(21(26)27)13-30-17-5-3-4-6-19(17)31-22)23-11-16(25)12-29-18-8-7-15(24)9-20(18)28-2/h3-9,14,16,23-25H,10-13H2,1-2H3,(H,26,27)/t14-,16+,22-/m1/s1. The van der Waals surface area contributed by atoms with Crippen molar-refractivity contribution in [3.05, 3.63) is 42.5 Å². The second kappa shape index (κ2) is 9.76. The van der Waals surface area contributed by atoms with Crippen molar-refractivity contribution in [2.45, 2.75) is 31.1 Å². The van der Waals surface area contributed by atoms with Gasteiger partial charge in [0.05, 0.1) is 7.11 Å². The van der Waals surface area contributed by atoms with Crippen LogP contribution < -0.4 is 24.3 Å². The van der Waals surface area contributed by atoms with Crippen LogP contribution >= 0.6 is 0 Å². The molecule has 3 atom stereocenters. The Balaban J connectivity index is 1.52. The van der Waals surface area contributed by atoms with Crippen molar-refractivity contribution in [3.8, 4) is 28.7 Å². The number of phenolic OH excluding ortho intramolecular Hbond substituents is 1. The highest BCUT2D eigenvalue weighted by Gasteiger charge is 2.46. The minimum absolute atomic E-state index is 0.0160. The van der Waals surface area contributed by atoms with Gasteiger partial charge in [0.2, 0.25) is 5.60 Å². The van der Waals surface area contributed by atoms with Crippen molar-refractivity contribution in [2.24, 2.45) is 0 Å². The van der Waals surface area contributed by atoms with Crippen LogP contribution in [-0.4, -0.2) is 65.9 Å². The number of methoxy groups -OCH3 is 1. The Morgan fingerprint density at radius 3 is 2.68 bits per heavy atom. The monoisotopic (exact) mass is 433 g/mol. The molecule has 1 aliphatic rings. The molecule has 0 bridgehead atoms. The molecule has 2 aromatic carbocycles. The predicted octanol–water partition coefficient (Wildman–Crippen LogP) is 1.80. The lowest BCUT2D eigenvalue weighted by atomic mass is 9.94. The lowest BCUT2D eigenvalue weighted by Crippen LogP contribution is -2.55. The molecule has 0 unspecified atom stereocenters. The lowest BCUT2D eigenvalue weighted by molar-refractivity contribution is -0.162. The summed E-state index contributed by atoms with van der Waals surface area (Å²) in [6.07, 6.45) is -0.721. The fourth-order valence-electron chi connectivity index (χ4n) is 3.31. The Morgan fingerprint density at radius 2 is 1.97 bits per heavy atom. The highest BCUT2D eigenvalue weighted by atomic mass is 16.6. The highest BCUT2D eigenvalue weighted by molar-refractivity contribution is 5.79. The summed E-state index contributed by atoms with van der Waals surface area (Å²) in [7, 11) is 1.45. The maximum absolute atomic E-state index is 12.0. The molecule has 9 nitrogen and oxygen atoms in total. The number of nitrogens with one attached hydrogen (secondary N) is 1. The molecule has 0 spiro atoms. The predicted molar refractivity (Wildman–Crippen MR) is 111 cm³/mol. The van der Waals surface area contributed by atoms with Crippen LogP contribution in [0.1, 0.15) is 13.3 Å². The highest BCUT2D eigenvalue weighted by Crippen LogP contribution is 2.37. The van der Waals surface area contributed by atoms with E-state index in [2.05, 4.69) is 5.32 Å². The van der Waals surface area contributed by atoms with E-state index in [1.165, 1.54) is 19.2 Å². The molecule has 9 heteroatoms. The number of rotatable bonds is 10. The first kappa shape index (κ1) is 22.5. The number of aliphatic hydroxyl groups is 1. The van der Waals surface area contributed by atoms with Gasteiger partial charge in [0.25, 0.3) is 0 Å². The molecule has 1 heterocycles. The molecule has 0 amide bonds. The van der Waals surface area contributed by atoms with Crippen molar-refractivity contribution < 1.29 is 39.1 Å². The van der Waals surface area contributed by atoms with Crippen molar-refractivity contribution in [2.75, 3.05) is 26.9 Å². The Kier molecular flexibility index (Phi) is 7.09. The Bertz CT molecular complexity index is 905. The minimum atomic E-state index is -1.53. The van der Waals surface area contributed by atoms with Gasteiger partial charge in [-0.1, -0.05) is 12.1 Å². The lowest BCUT2D eigenvalue weighted by Gasteiger charge is -2.36. The summed E-state index contributed by atoms with van der Waals surface area (Å²) in [5, 5.41) is 32.6. The molecule has 0 aliphatic carbocycles. The average molecular weight is 433 g/mol. The second-order valence-corrected chi connectivity index (χ2v) is 7.45. The quantitative estimate of drug-likeness (QED) is 0.444. The number of para-hydroxylation sites is 2. The third kappa shape index (κ3) is 5.50. The van der Waals surface area contributed by atoms with Crippen LogP contribution in [0.25, 0.3) is 0 Å². The van der Waals surface area contributed by atoms with E-state index in [-0.39, 0.29) is 38.0 Å². The molecule has 1 aliphatic heterocycles. The van der Waals surface area contributed by atoms with E-state index in [0.717, 1.165) is 0 Å². The van der Waals surface area contributed by atoms with Crippen LogP contribution in [0.15, 0.2) is 42.5 Å². The summed E-state index contributed by atoms with van der Waals surface area (Å²) >= 11 is 0. The number of aliphatic carboxylic acids is 1. The molecule has 0 radical (unpaired) electrons. The summed E-state index contributed by atoms with van der Waals surface area (Å²) in [5.41, 5.74) is -1.53. The summed E-state index contributed by atoms with van der Waals surface area (Å²) in [6, 6.07) is 11.1. The summed E-state index contributed by atoms with van der Waals surface area (Å²) in [6.45, 7) is 1.86. The number of ether oxygens (including phenoxy) is 4. The third-order valence-corrected chi connectivity index (χ3v) is 4.92. The van der Waals surface area contributed by atoms with E-state index in [4.69, 9.17) is 18.9 Å². The summed E-state index contributed by atoms with van der Waals surface area (Å²) in [4.78, 5) is 12.0. The van der Waals surface area contributed by atoms with Crippen LogP contribution in [0.3, 0.4) is 0 Å². The van der Waals surface area contributed by atoms with Gasteiger partial charge < -0.3 is 39.6 Å². The van der Waals surface area contributed by atoms with Gasteiger partial charge in [-0.2, -0.15) is 0 Å². The van der Waals surface area contributed by atoms with Gasteiger partial charge in [0, 0.05) is 25.1 Å². The van der Waals surface area contributed by atoms with E-state index < -0.39 is 17.7 Å². The first-order valence-corrected chi connectivity index (χ1v) is 9.88. The summed E-state index contributed by atoms with van der Waals surface area (Å²) < 4.78 is 22.1. The summed E-state index contributed by atoms with van der Waals surface area (Å²) in [5.74, 6) is 0.579. The number of carbonyl (C=O) groups is 1. The van der Waals surface area contributed by atoms with Crippen molar-refractivity contribution in [1.82, 2.24) is 5.32 Å². The number of fused-ring (bicyclic) bond motifs is 1. The van der Waals surface area contributed by atoms with Gasteiger partial charge in [-0.15, -0.1) is 0 Å². The van der Waals surface area contributed by atoms with Crippen molar-refractivity contribution in [3.63, 3.8) is 0 Å². The maximum atomic E-state index is 12.0. The van der Waals surface area contributed by atoms with E-state index in [1.807, 2.05) is 6.92 Å². The number of hydrogen-bond acceptors (Lipinski definition) is 8. The molecule has 2 aromatic rings. The molecule has 168 valence electrons. The van der Waals surface area contributed by atoms with Gasteiger partial charge >= 0.3 is 5.97 Å². The van der Waals surface area contributed by atoms with Gasteiger partial charge in [-0.3, -0.25) is 0 Å². The van der Waals surface area contributed by atoms with Gasteiger partial charge in [0.1, 0.15) is 25.1 Å². The number of carboxylic acids is 1. The molecule has 3 rings (SSSR count). The molecular formula is C22H27NO8. The minimum Gasteiger partial charge on any atom is -0.508 e. The SMILES string of the molecule is COc1cc(O)ccc1OC[C@@H](O)CN[C@H](C)C[C@]1(C(=O)O)COc2ccccc2O1. The van der Waals surface area contributed by atoms with E-state index in [0.29, 0.717) is 23.0 Å². The van der Waals surface area contributed by atoms with Gasteiger partial charge in [-0.05, 0) is 31.2 Å². The van der Waals surface area contributed by atoms with Crippen molar-refractivity contribution >= 4 is 5.97 Å². The van der Waals surface area contributed by atoms with Gasteiger partial charge in [0.15, 0.2) is 23.0 Å². The smallest absolute Gasteiger partial charge is 0.351 e. The van der Waals surface area contributed by atoms with Crippen molar-refractivity contribution in [1.29, 1.82) is 0 Å². The third-order valence-electron chi connectivity index (χ3n) is 4.92. The molecule has 0 fully saturated rings. The van der Waals surface area contributed by atoms with Crippen LogP contribution in [0, 0.1) is 0 Å².